The average Bonchev–Trinajstić information content (AvgIpc) is 3.01. The van der Waals surface area contributed by atoms with Crippen molar-refractivity contribution < 1.29 is 19.0 Å². The number of nitrogens with zero attached hydrogens (tertiary/aromatic N) is 3. The molecule has 27 heavy (non-hydrogen) atoms. The minimum absolute atomic E-state index is 0.234. The van der Waals surface area contributed by atoms with Crippen LogP contribution in [0.25, 0.3) is 0 Å². The molecule has 2 N–H and O–H groups in total. The highest BCUT2D eigenvalue weighted by molar-refractivity contribution is 8.17. The van der Waals surface area contributed by atoms with E-state index in [1.54, 1.807) is 37.1 Å². The Balaban J connectivity index is 2.25. The number of carbonyl (C=O) groups excluding carboxylic acids is 1. The molecule has 3 rings (SSSR count). The van der Waals surface area contributed by atoms with E-state index in [4.69, 9.17) is 19.9 Å². The number of aliphatic imine (C=N–C) groups is 1. The molecule has 0 radical (unpaired) electrons. The van der Waals surface area contributed by atoms with Gasteiger partial charge in [0.25, 0.3) is 0 Å². The van der Waals surface area contributed by atoms with E-state index < -0.39 is 12.0 Å². The summed E-state index contributed by atoms with van der Waals surface area (Å²) in [5, 5.41) is 9.88. The van der Waals surface area contributed by atoms with Gasteiger partial charge in [0.1, 0.15) is 34.3 Å². The summed E-state index contributed by atoms with van der Waals surface area (Å²) in [7, 11) is 4.40. The molecule has 1 aromatic carbocycles. The number of fused-ring (bicyclic) bond motifs is 1. The second-order valence-corrected chi connectivity index (χ2v) is 6.67. The number of carbonyl (C=O) groups is 1. The Morgan fingerprint density at radius 2 is 2.07 bits per heavy atom. The van der Waals surface area contributed by atoms with E-state index >= 15 is 0 Å². The third kappa shape index (κ3) is 2.98. The minimum atomic E-state index is -0.649. The van der Waals surface area contributed by atoms with Gasteiger partial charge >= 0.3 is 5.97 Å². The highest BCUT2D eigenvalue weighted by Crippen LogP contribution is 2.47. The van der Waals surface area contributed by atoms with Crippen LogP contribution in [0.4, 0.5) is 0 Å². The minimum Gasteiger partial charge on any atom is -0.497 e. The van der Waals surface area contributed by atoms with Crippen molar-refractivity contribution in [2.45, 2.75) is 13.0 Å². The van der Waals surface area contributed by atoms with Crippen molar-refractivity contribution in [2.24, 2.45) is 10.7 Å². The fraction of sp³-hybridized carbons (Fsp3) is 0.278. The normalized spacial score (nSPS) is 18.7. The molecule has 2 aliphatic heterocycles. The molecule has 140 valence electrons. The summed E-state index contributed by atoms with van der Waals surface area (Å²) in [6.07, 6.45) is 0. The molecule has 8 nitrogen and oxygen atoms in total. The highest BCUT2D eigenvalue weighted by Gasteiger charge is 2.43. The molecule has 1 atom stereocenters. The number of rotatable bonds is 4. The number of hydrogen-bond donors (Lipinski definition) is 1. The maximum absolute atomic E-state index is 12.6. The monoisotopic (exact) mass is 386 g/mol. The molecular formula is C18H18N4O4S. The van der Waals surface area contributed by atoms with Crippen molar-refractivity contribution in [1.82, 2.24) is 4.90 Å². The van der Waals surface area contributed by atoms with Crippen LogP contribution in [0.5, 0.6) is 11.5 Å². The second-order valence-electron chi connectivity index (χ2n) is 5.69. The van der Waals surface area contributed by atoms with Gasteiger partial charge in [-0.25, -0.2) is 9.79 Å². The average molecular weight is 386 g/mol. The van der Waals surface area contributed by atoms with E-state index in [0.29, 0.717) is 38.4 Å². The van der Waals surface area contributed by atoms with Crippen molar-refractivity contribution in [2.75, 3.05) is 21.3 Å². The van der Waals surface area contributed by atoms with Crippen LogP contribution >= 0.6 is 11.8 Å². The van der Waals surface area contributed by atoms with E-state index in [9.17, 15) is 10.1 Å². The predicted octanol–water partition coefficient (Wildman–Crippen LogP) is 2.26. The zero-order chi connectivity index (χ0) is 19.7. The van der Waals surface area contributed by atoms with Crippen LogP contribution < -0.4 is 15.2 Å². The number of hydrogen-bond acceptors (Lipinski definition) is 9. The highest BCUT2D eigenvalue weighted by atomic mass is 32.2. The molecule has 0 bridgehead atoms. The SMILES string of the molecule is COC(=O)C1=C(C)N=C2SC(C#N)=C(N)N2[C@@H]1c1ccc(OC)cc1OC. The maximum Gasteiger partial charge on any atom is 0.338 e. The van der Waals surface area contributed by atoms with E-state index in [-0.39, 0.29) is 5.82 Å². The Morgan fingerprint density at radius 1 is 1.33 bits per heavy atom. The number of esters is 1. The van der Waals surface area contributed by atoms with E-state index in [0.717, 1.165) is 11.8 Å². The first kappa shape index (κ1) is 18.7. The van der Waals surface area contributed by atoms with Crippen LogP contribution in [0.1, 0.15) is 18.5 Å². The molecule has 0 amide bonds. The van der Waals surface area contributed by atoms with Crippen molar-refractivity contribution in [3.05, 3.63) is 45.8 Å². The summed E-state index contributed by atoms with van der Waals surface area (Å²) in [6, 6.07) is 6.70. The van der Waals surface area contributed by atoms with Gasteiger partial charge in [0.15, 0.2) is 5.17 Å². The molecular weight excluding hydrogens is 368 g/mol. The lowest BCUT2D eigenvalue weighted by atomic mass is 9.93. The van der Waals surface area contributed by atoms with Gasteiger partial charge in [-0.1, -0.05) is 0 Å². The van der Waals surface area contributed by atoms with Gasteiger partial charge in [-0.2, -0.15) is 5.26 Å². The molecule has 0 unspecified atom stereocenters. The molecule has 0 saturated heterocycles. The first-order valence-electron chi connectivity index (χ1n) is 7.93. The Hall–Kier alpha value is -3.12. The Morgan fingerprint density at radius 3 is 2.67 bits per heavy atom. The lowest BCUT2D eigenvalue weighted by molar-refractivity contribution is -0.136. The molecule has 9 heteroatoms. The topological polar surface area (TPSA) is 110 Å². The van der Waals surface area contributed by atoms with E-state index in [1.807, 2.05) is 0 Å². The zero-order valence-electron chi connectivity index (χ0n) is 15.3. The molecule has 0 aromatic heterocycles. The van der Waals surface area contributed by atoms with Crippen molar-refractivity contribution in [3.63, 3.8) is 0 Å². The summed E-state index contributed by atoms with van der Waals surface area (Å²) >= 11 is 1.16. The van der Waals surface area contributed by atoms with E-state index in [2.05, 4.69) is 11.1 Å². The molecule has 0 aliphatic carbocycles. The first-order valence-corrected chi connectivity index (χ1v) is 8.75. The number of ether oxygens (including phenoxy) is 3. The van der Waals surface area contributed by atoms with Gasteiger partial charge in [0.2, 0.25) is 0 Å². The van der Waals surface area contributed by atoms with Crippen LogP contribution in [0.3, 0.4) is 0 Å². The van der Waals surface area contributed by atoms with Crippen LogP contribution in [0, 0.1) is 11.3 Å². The quantitative estimate of drug-likeness (QED) is 0.785. The number of benzene rings is 1. The fourth-order valence-corrected chi connectivity index (χ4v) is 3.97. The van der Waals surface area contributed by atoms with Crippen LogP contribution in [0.15, 0.2) is 45.2 Å². The van der Waals surface area contributed by atoms with Gasteiger partial charge in [0.05, 0.1) is 32.6 Å². The Labute approximate surface area is 160 Å². The van der Waals surface area contributed by atoms with Crippen LogP contribution in [0.2, 0.25) is 0 Å². The van der Waals surface area contributed by atoms with Crippen molar-refractivity contribution in [1.29, 1.82) is 5.26 Å². The van der Waals surface area contributed by atoms with Gasteiger partial charge in [-0.3, -0.25) is 4.90 Å². The largest absolute Gasteiger partial charge is 0.497 e. The Kier molecular flexibility index (Phi) is 5.01. The second kappa shape index (κ2) is 7.25. The number of amidine groups is 1. The van der Waals surface area contributed by atoms with E-state index in [1.165, 1.54) is 14.2 Å². The van der Waals surface area contributed by atoms with Gasteiger partial charge in [-0.15, -0.1) is 0 Å². The lowest BCUT2D eigenvalue weighted by Gasteiger charge is -2.35. The summed E-state index contributed by atoms with van der Waals surface area (Å²) in [5.41, 5.74) is 7.71. The molecule has 1 aromatic rings. The predicted molar refractivity (Wildman–Crippen MR) is 101 cm³/mol. The van der Waals surface area contributed by atoms with Crippen LogP contribution in [-0.2, 0) is 9.53 Å². The molecule has 2 aliphatic rings. The number of nitrogens with two attached hydrogens (primary N) is 1. The molecule has 0 fully saturated rings. The van der Waals surface area contributed by atoms with Crippen LogP contribution in [-0.4, -0.2) is 37.4 Å². The van der Waals surface area contributed by atoms with Gasteiger partial charge < -0.3 is 19.9 Å². The standard InChI is InChI=1S/C18H18N4O4S/c1-9-14(17(23)26-4)15(11-6-5-10(24-2)7-12(11)25-3)22-16(20)13(8-19)27-18(22)21-9/h5-7,15H,20H2,1-4H3/t15-/m1/s1. The number of methoxy groups -OCH3 is 3. The lowest BCUT2D eigenvalue weighted by Crippen LogP contribution is -2.38. The Bertz CT molecular complexity index is 945. The summed E-state index contributed by atoms with van der Waals surface area (Å²) < 4.78 is 15.8. The summed E-state index contributed by atoms with van der Waals surface area (Å²) in [6.45, 7) is 1.72. The third-order valence-corrected chi connectivity index (χ3v) is 5.29. The van der Waals surface area contributed by atoms with Crippen molar-refractivity contribution >= 4 is 22.9 Å². The number of thioether (sulfide) groups is 1. The molecule has 0 saturated carbocycles. The first-order chi connectivity index (χ1) is 13.0. The van der Waals surface area contributed by atoms with Gasteiger partial charge in [-0.05, 0) is 30.8 Å². The summed E-state index contributed by atoms with van der Waals surface area (Å²) in [4.78, 5) is 19.0. The van der Waals surface area contributed by atoms with Gasteiger partial charge in [0, 0.05) is 11.6 Å². The fourth-order valence-electron chi connectivity index (χ4n) is 3.05. The molecule has 2 heterocycles. The smallest absolute Gasteiger partial charge is 0.338 e. The maximum atomic E-state index is 12.6. The van der Waals surface area contributed by atoms with Crippen molar-refractivity contribution in [3.8, 4) is 17.6 Å². The zero-order valence-corrected chi connectivity index (χ0v) is 16.1. The molecule has 0 spiro atoms. The number of allylic oxidation sites excluding steroid dienone is 2. The third-order valence-electron chi connectivity index (χ3n) is 4.32. The summed E-state index contributed by atoms with van der Waals surface area (Å²) in [5.74, 6) is 0.829. The number of nitriles is 1.